The Morgan fingerprint density at radius 2 is 2.10 bits per heavy atom. The molecule has 0 spiro atoms. The van der Waals surface area contributed by atoms with E-state index in [1.165, 1.54) is 0 Å². The van der Waals surface area contributed by atoms with Crippen molar-refractivity contribution in [2.75, 3.05) is 17.6 Å². The van der Waals surface area contributed by atoms with Gasteiger partial charge in [-0.15, -0.1) is 0 Å². The first-order valence-corrected chi connectivity index (χ1v) is 8.03. The van der Waals surface area contributed by atoms with Crippen molar-refractivity contribution >= 4 is 34.8 Å². The number of thioether (sulfide) groups is 1. The molecule has 0 amide bonds. The molecule has 1 aliphatic carbocycles. The number of nitrogens with one attached hydrogen (secondary N) is 1. The van der Waals surface area contributed by atoms with Crippen molar-refractivity contribution in [2.24, 2.45) is 5.73 Å². The Morgan fingerprint density at radius 1 is 1.38 bits per heavy atom. The van der Waals surface area contributed by atoms with Crippen molar-refractivity contribution in [3.8, 4) is 0 Å². The molecule has 1 heterocycles. The fourth-order valence-electron chi connectivity index (χ4n) is 2.29. The minimum absolute atomic E-state index is 0.0585. The minimum atomic E-state index is -4.21. The summed E-state index contributed by atoms with van der Waals surface area (Å²) < 4.78 is 36.3. The molecule has 1 aliphatic rings. The Kier molecular flexibility index (Phi) is 5.32. The number of thiocarbonyl (C=S) groups is 1. The monoisotopic (exact) mass is 335 g/mol. The Labute approximate surface area is 130 Å². The second-order valence-corrected chi connectivity index (χ2v) is 6.38. The summed E-state index contributed by atoms with van der Waals surface area (Å²) >= 11 is 4.95. The third-order valence-corrected chi connectivity index (χ3v) is 4.18. The predicted molar refractivity (Wildman–Crippen MR) is 83.8 cm³/mol. The molecule has 3 N–H and O–H groups in total. The molecule has 21 heavy (non-hydrogen) atoms. The van der Waals surface area contributed by atoms with E-state index in [1.807, 2.05) is 6.07 Å². The lowest BCUT2D eigenvalue weighted by molar-refractivity contribution is -0.0327. The molecule has 0 radical (unpaired) electrons. The summed E-state index contributed by atoms with van der Waals surface area (Å²) in [7, 11) is 0. The lowest BCUT2D eigenvalue weighted by Gasteiger charge is -2.19. The van der Waals surface area contributed by atoms with Crippen molar-refractivity contribution in [2.45, 2.75) is 31.2 Å². The molecule has 2 rings (SSSR count). The van der Waals surface area contributed by atoms with Gasteiger partial charge in [-0.05, 0) is 49.1 Å². The number of aromatic nitrogens is 1. The molecule has 0 saturated carbocycles. The molecule has 0 unspecified atom stereocenters. The fraction of sp³-hybridized carbons (Fsp3) is 0.538. The van der Waals surface area contributed by atoms with Gasteiger partial charge in [-0.25, -0.2) is 4.98 Å². The maximum Gasteiger partial charge on any atom is 0.441 e. The van der Waals surface area contributed by atoms with Crippen molar-refractivity contribution < 1.29 is 13.2 Å². The van der Waals surface area contributed by atoms with E-state index in [2.05, 4.69) is 10.3 Å². The molecule has 8 heteroatoms. The van der Waals surface area contributed by atoms with Crippen LogP contribution < -0.4 is 11.1 Å². The minimum Gasteiger partial charge on any atom is -0.389 e. The lowest BCUT2D eigenvalue weighted by Crippen LogP contribution is -2.19. The Hall–Kier alpha value is -1.02. The number of anilines is 1. The number of nitrogens with two attached hydrogens (primary N) is 1. The molecule has 3 nitrogen and oxygen atoms in total. The summed E-state index contributed by atoms with van der Waals surface area (Å²) in [5.74, 6) is 0.407. The highest BCUT2D eigenvalue weighted by atomic mass is 32.2. The van der Waals surface area contributed by atoms with E-state index in [-0.39, 0.29) is 29.0 Å². The second-order valence-electron chi connectivity index (χ2n) is 4.78. The number of aryl methyl sites for hydroxylation is 2. The maximum atomic E-state index is 12.1. The first-order chi connectivity index (χ1) is 9.87. The van der Waals surface area contributed by atoms with E-state index in [0.29, 0.717) is 11.4 Å². The van der Waals surface area contributed by atoms with Gasteiger partial charge >= 0.3 is 5.51 Å². The lowest BCUT2D eigenvalue weighted by atomic mass is 9.94. The maximum absolute atomic E-state index is 12.1. The van der Waals surface area contributed by atoms with Crippen molar-refractivity contribution in [1.29, 1.82) is 0 Å². The van der Waals surface area contributed by atoms with E-state index in [9.17, 15) is 13.2 Å². The highest BCUT2D eigenvalue weighted by Crippen LogP contribution is 2.30. The molecule has 1 aromatic rings. The third-order valence-electron chi connectivity index (χ3n) is 3.23. The molecule has 0 saturated heterocycles. The molecular formula is C13H16F3N3S2. The van der Waals surface area contributed by atoms with Gasteiger partial charge in [0.15, 0.2) is 0 Å². The standard InChI is InChI=1S/C13H16F3N3S2/c14-13(15,16)21-6-5-18-12-9(11(17)20)7-8-3-1-2-4-10(8)19-12/h7H,1-6H2,(H2,17,20)(H,18,19). The SMILES string of the molecule is NC(=S)c1cc2c(nc1NCCSC(F)(F)F)CCCC2. The smallest absolute Gasteiger partial charge is 0.389 e. The molecule has 0 bridgehead atoms. The van der Waals surface area contributed by atoms with Crippen LogP contribution in [0.2, 0.25) is 0 Å². The molecule has 116 valence electrons. The Bertz CT molecular complexity index is 532. The highest BCUT2D eigenvalue weighted by molar-refractivity contribution is 8.00. The summed E-state index contributed by atoms with van der Waals surface area (Å²) in [5, 5.41) is 2.92. The quantitative estimate of drug-likeness (QED) is 0.639. The third kappa shape index (κ3) is 4.74. The summed E-state index contributed by atoms with van der Waals surface area (Å²) in [6, 6.07) is 1.92. The normalized spacial score (nSPS) is 14.6. The second kappa shape index (κ2) is 6.83. The predicted octanol–water partition coefficient (Wildman–Crippen LogP) is 3.26. The van der Waals surface area contributed by atoms with Gasteiger partial charge in [0.1, 0.15) is 10.8 Å². The van der Waals surface area contributed by atoms with Gasteiger partial charge in [-0.3, -0.25) is 0 Å². The summed E-state index contributed by atoms with van der Waals surface area (Å²) in [6.45, 7) is 0.158. The topological polar surface area (TPSA) is 50.9 Å². The largest absolute Gasteiger partial charge is 0.441 e. The van der Waals surface area contributed by atoms with Gasteiger partial charge in [0.25, 0.3) is 0 Å². The first-order valence-electron chi connectivity index (χ1n) is 6.64. The Morgan fingerprint density at radius 3 is 2.76 bits per heavy atom. The number of fused-ring (bicyclic) bond motifs is 1. The van der Waals surface area contributed by atoms with Crippen LogP contribution in [0.1, 0.15) is 29.7 Å². The number of hydrogen-bond donors (Lipinski definition) is 2. The zero-order valence-corrected chi connectivity index (χ0v) is 12.9. The van der Waals surface area contributed by atoms with E-state index in [1.54, 1.807) is 0 Å². The van der Waals surface area contributed by atoms with Crippen LogP contribution >= 0.6 is 24.0 Å². The average Bonchev–Trinajstić information content (AvgIpc) is 2.41. The van der Waals surface area contributed by atoms with Crippen LogP contribution in [0.25, 0.3) is 0 Å². The molecule has 1 aromatic heterocycles. The van der Waals surface area contributed by atoms with E-state index >= 15 is 0 Å². The van der Waals surface area contributed by atoms with Crippen molar-refractivity contribution in [1.82, 2.24) is 4.98 Å². The van der Waals surface area contributed by atoms with Crippen LogP contribution in [0.3, 0.4) is 0 Å². The van der Waals surface area contributed by atoms with Crippen LogP contribution in [0, 0.1) is 0 Å². The van der Waals surface area contributed by atoms with Gasteiger partial charge in [-0.2, -0.15) is 13.2 Å². The van der Waals surface area contributed by atoms with Gasteiger partial charge < -0.3 is 11.1 Å². The number of alkyl halides is 3. The van der Waals surface area contributed by atoms with Crippen LogP contribution in [0.15, 0.2) is 6.07 Å². The molecule has 0 aromatic carbocycles. The number of rotatable bonds is 5. The van der Waals surface area contributed by atoms with Crippen LogP contribution in [-0.2, 0) is 12.8 Å². The van der Waals surface area contributed by atoms with Crippen LogP contribution in [0.4, 0.5) is 19.0 Å². The summed E-state index contributed by atoms with van der Waals surface area (Å²) in [4.78, 5) is 4.71. The molecule has 0 aliphatic heterocycles. The molecule has 0 fully saturated rings. The van der Waals surface area contributed by atoms with Gasteiger partial charge in [0, 0.05) is 18.0 Å². The highest BCUT2D eigenvalue weighted by Gasteiger charge is 2.27. The van der Waals surface area contributed by atoms with Crippen molar-refractivity contribution in [3.05, 3.63) is 22.9 Å². The van der Waals surface area contributed by atoms with E-state index in [4.69, 9.17) is 18.0 Å². The zero-order chi connectivity index (χ0) is 15.5. The Balaban J connectivity index is 2.08. The number of hydrogen-bond acceptors (Lipinski definition) is 4. The number of halogens is 3. The number of pyridine rings is 1. The zero-order valence-electron chi connectivity index (χ0n) is 11.3. The van der Waals surface area contributed by atoms with E-state index < -0.39 is 5.51 Å². The van der Waals surface area contributed by atoms with Crippen LogP contribution in [-0.4, -0.2) is 27.8 Å². The van der Waals surface area contributed by atoms with Gasteiger partial charge in [0.05, 0.1) is 5.56 Å². The number of nitrogens with zero attached hydrogens (tertiary/aromatic N) is 1. The van der Waals surface area contributed by atoms with Crippen LogP contribution in [0.5, 0.6) is 0 Å². The van der Waals surface area contributed by atoms with Gasteiger partial charge in [-0.1, -0.05) is 12.2 Å². The summed E-state index contributed by atoms with van der Waals surface area (Å²) in [5.41, 5.74) is 4.22. The fourth-order valence-corrected chi connectivity index (χ4v) is 2.88. The average molecular weight is 335 g/mol. The van der Waals surface area contributed by atoms with Gasteiger partial charge in [0.2, 0.25) is 0 Å². The molecule has 0 atom stereocenters. The van der Waals surface area contributed by atoms with E-state index in [0.717, 1.165) is 36.9 Å². The van der Waals surface area contributed by atoms with Crippen molar-refractivity contribution in [3.63, 3.8) is 0 Å². The summed E-state index contributed by atoms with van der Waals surface area (Å²) in [6.07, 6.45) is 4.03. The first kappa shape index (κ1) is 16.4. The molecular weight excluding hydrogens is 319 g/mol.